The molecule has 15 heavy (non-hydrogen) atoms. The van der Waals surface area contributed by atoms with Gasteiger partial charge >= 0.3 is 0 Å². The molecular weight excluding hydrogens is 258 g/mol. The standard InChI is InChI=1S/C10H8BrN3O/c11-10(14-7-12-6-13-14)9(15)8-4-2-1-3-5-8/h1-7,10H. The molecule has 1 atom stereocenters. The lowest BCUT2D eigenvalue weighted by molar-refractivity contribution is 0.0965. The van der Waals surface area contributed by atoms with E-state index in [1.165, 1.54) is 17.3 Å². The van der Waals surface area contributed by atoms with Gasteiger partial charge in [-0.25, -0.2) is 9.67 Å². The van der Waals surface area contributed by atoms with Gasteiger partial charge in [0.2, 0.25) is 0 Å². The zero-order valence-corrected chi connectivity index (χ0v) is 9.33. The normalized spacial score (nSPS) is 12.3. The minimum absolute atomic E-state index is 0.0406. The van der Waals surface area contributed by atoms with Gasteiger partial charge in [-0.1, -0.05) is 46.3 Å². The molecule has 0 aliphatic heterocycles. The van der Waals surface area contributed by atoms with Gasteiger partial charge in [0.05, 0.1) is 0 Å². The van der Waals surface area contributed by atoms with Crippen molar-refractivity contribution in [2.45, 2.75) is 4.95 Å². The molecule has 76 valence electrons. The lowest BCUT2D eigenvalue weighted by Gasteiger charge is -2.07. The highest BCUT2D eigenvalue weighted by Crippen LogP contribution is 2.19. The molecule has 1 unspecified atom stereocenters. The topological polar surface area (TPSA) is 47.8 Å². The first-order valence-electron chi connectivity index (χ1n) is 4.36. The number of carbonyl (C=O) groups excluding carboxylic acids is 1. The Kier molecular flexibility index (Phi) is 2.91. The quantitative estimate of drug-likeness (QED) is 0.631. The largest absolute Gasteiger partial charge is 0.291 e. The maximum absolute atomic E-state index is 11.9. The zero-order valence-electron chi connectivity index (χ0n) is 7.75. The maximum atomic E-state index is 11.9. The number of ketones is 1. The highest BCUT2D eigenvalue weighted by atomic mass is 79.9. The van der Waals surface area contributed by atoms with Crippen LogP contribution >= 0.6 is 15.9 Å². The van der Waals surface area contributed by atoms with Crippen LogP contribution in [0.25, 0.3) is 0 Å². The van der Waals surface area contributed by atoms with Crippen molar-refractivity contribution < 1.29 is 4.79 Å². The summed E-state index contributed by atoms with van der Waals surface area (Å²) in [5, 5.41) is 3.90. The van der Waals surface area contributed by atoms with Crippen molar-refractivity contribution in [2.24, 2.45) is 0 Å². The number of nitrogens with zero attached hydrogens (tertiary/aromatic N) is 3. The van der Waals surface area contributed by atoms with Gasteiger partial charge in [0.15, 0.2) is 10.7 Å². The Balaban J connectivity index is 2.23. The first-order chi connectivity index (χ1) is 7.29. The summed E-state index contributed by atoms with van der Waals surface area (Å²) in [6.07, 6.45) is 2.90. The maximum Gasteiger partial charge on any atom is 0.198 e. The third kappa shape index (κ3) is 2.12. The highest BCUT2D eigenvalue weighted by molar-refractivity contribution is 9.09. The summed E-state index contributed by atoms with van der Waals surface area (Å²) in [6.45, 7) is 0. The molecule has 2 aromatic rings. The third-order valence-electron chi connectivity index (χ3n) is 1.94. The Hall–Kier alpha value is -1.49. The SMILES string of the molecule is O=C(c1ccccc1)C(Br)n1cncn1. The van der Waals surface area contributed by atoms with E-state index in [4.69, 9.17) is 0 Å². The smallest absolute Gasteiger partial charge is 0.198 e. The number of Topliss-reactive ketones (excluding diaryl/α,β-unsaturated/α-hetero) is 1. The van der Waals surface area contributed by atoms with Gasteiger partial charge in [0, 0.05) is 5.56 Å². The van der Waals surface area contributed by atoms with Crippen LogP contribution in [0.1, 0.15) is 15.3 Å². The molecule has 0 saturated carbocycles. The monoisotopic (exact) mass is 265 g/mol. The number of benzene rings is 1. The fourth-order valence-electron chi connectivity index (χ4n) is 1.19. The van der Waals surface area contributed by atoms with Crippen LogP contribution in [0.2, 0.25) is 0 Å². The van der Waals surface area contributed by atoms with Crippen LogP contribution in [0.15, 0.2) is 43.0 Å². The summed E-state index contributed by atoms with van der Waals surface area (Å²) in [7, 11) is 0. The molecule has 1 aromatic heterocycles. The molecule has 1 aromatic carbocycles. The van der Waals surface area contributed by atoms with Gasteiger partial charge in [-0.05, 0) is 0 Å². The number of hydrogen-bond donors (Lipinski definition) is 0. The minimum Gasteiger partial charge on any atom is -0.291 e. The molecule has 0 bridgehead atoms. The molecule has 0 amide bonds. The van der Waals surface area contributed by atoms with Crippen LogP contribution in [0, 0.1) is 0 Å². The molecule has 2 rings (SSSR count). The average Bonchev–Trinajstić information content (AvgIpc) is 2.82. The zero-order chi connectivity index (χ0) is 10.7. The Bertz CT molecular complexity index is 441. The van der Waals surface area contributed by atoms with Gasteiger partial charge in [-0.3, -0.25) is 4.79 Å². The van der Waals surface area contributed by atoms with Crippen molar-refractivity contribution in [3.63, 3.8) is 0 Å². The van der Waals surface area contributed by atoms with Crippen molar-refractivity contribution in [3.05, 3.63) is 48.5 Å². The Morgan fingerprint density at radius 1 is 1.33 bits per heavy atom. The van der Waals surface area contributed by atoms with Crippen LogP contribution < -0.4 is 0 Å². The van der Waals surface area contributed by atoms with Crippen molar-refractivity contribution in [2.75, 3.05) is 0 Å². The second-order valence-corrected chi connectivity index (χ2v) is 3.81. The average molecular weight is 266 g/mol. The van der Waals surface area contributed by atoms with Crippen LogP contribution in [0.5, 0.6) is 0 Å². The summed E-state index contributed by atoms with van der Waals surface area (Å²) < 4.78 is 1.47. The van der Waals surface area contributed by atoms with Crippen LogP contribution in [-0.4, -0.2) is 20.5 Å². The number of hydrogen-bond acceptors (Lipinski definition) is 3. The van der Waals surface area contributed by atoms with E-state index < -0.39 is 4.95 Å². The molecule has 5 heteroatoms. The molecule has 4 nitrogen and oxygen atoms in total. The number of rotatable bonds is 3. The highest BCUT2D eigenvalue weighted by Gasteiger charge is 2.18. The van der Waals surface area contributed by atoms with Crippen LogP contribution in [0.4, 0.5) is 0 Å². The summed E-state index contributed by atoms with van der Waals surface area (Å²) >= 11 is 3.28. The first kappa shape index (κ1) is 10.0. The first-order valence-corrected chi connectivity index (χ1v) is 5.28. The van der Waals surface area contributed by atoms with Crippen LogP contribution in [-0.2, 0) is 0 Å². The van der Waals surface area contributed by atoms with Gasteiger partial charge in [0.25, 0.3) is 0 Å². The molecule has 0 spiro atoms. The number of halogens is 1. The fraction of sp³-hybridized carbons (Fsp3) is 0.100. The minimum atomic E-state index is -0.498. The van der Waals surface area contributed by atoms with Crippen molar-refractivity contribution in [1.82, 2.24) is 14.8 Å². The van der Waals surface area contributed by atoms with E-state index in [1.54, 1.807) is 12.1 Å². The Morgan fingerprint density at radius 2 is 2.07 bits per heavy atom. The van der Waals surface area contributed by atoms with Gasteiger partial charge in [0.1, 0.15) is 12.7 Å². The predicted molar refractivity (Wildman–Crippen MR) is 58.8 cm³/mol. The number of alkyl halides is 1. The van der Waals surface area contributed by atoms with E-state index in [-0.39, 0.29) is 5.78 Å². The molecule has 0 aliphatic carbocycles. The van der Waals surface area contributed by atoms with E-state index in [9.17, 15) is 4.79 Å². The van der Waals surface area contributed by atoms with Crippen molar-refractivity contribution in [3.8, 4) is 0 Å². The van der Waals surface area contributed by atoms with E-state index in [2.05, 4.69) is 26.0 Å². The molecule has 0 N–H and O–H groups in total. The predicted octanol–water partition coefficient (Wildman–Crippen LogP) is 2.05. The second-order valence-electron chi connectivity index (χ2n) is 2.94. The van der Waals surface area contributed by atoms with Crippen LogP contribution in [0.3, 0.4) is 0 Å². The van der Waals surface area contributed by atoms with E-state index in [0.29, 0.717) is 5.56 Å². The fourth-order valence-corrected chi connectivity index (χ4v) is 1.67. The van der Waals surface area contributed by atoms with E-state index in [0.717, 1.165) is 0 Å². The summed E-state index contributed by atoms with van der Waals surface area (Å²) in [5.74, 6) is -0.0406. The van der Waals surface area contributed by atoms with E-state index in [1.807, 2.05) is 18.2 Å². The lowest BCUT2D eigenvalue weighted by atomic mass is 10.1. The van der Waals surface area contributed by atoms with Crippen molar-refractivity contribution >= 4 is 21.7 Å². The van der Waals surface area contributed by atoms with Crippen molar-refractivity contribution in [1.29, 1.82) is 0 Å². The molecular formula is C10H8BrN3O. The number of carbonyl (C=O) groups is 1. The van der Waals surface area contributed by atoms with E-state index >= 15 is 0 Å². The second kappa shape index (κ2) is 4.35. The molecule has 0 saturated heterocycles. The Morgan fingerprint density at radius 3 is 2.67 bits per heavy atom. The van der Waals surface area contributed by atoms with Gasteiger partial charge in [-0.15, -0.1) is 0 Å². The Labute approximate surface area is 95.1 Å². The summed E-state index contributed by atoms with van der Waals surface area (Å²) in [5.41, 5.74) is 0.648. The molecule has 0 radical (unpaired) electrons. The summed E-state index contributed by atoms with van der Waals surface area (Å²) in [4.78, 5) is 15.2. The number of aromatic nitrogens is 3. The summed E-state index contributed by atoms with van der Waals surface area (Å²) in [6, 6.07) is 9.07. The third-order valence-corrected chi connectivity index (χ3v) is 2.78. The van der Waals surface area contributed by atoms with Gasteiger partial charge < -0.3 is 0 Å². The molecule has 0 aliphatic rings. The lowest BCUT2D eigenvalue weighted by Crippen LogP contribution is -2.14. The molecule has 1 heterocycles. The van der Waals surface area contributed by atoms with Gasteiger partial charge in [-0.2, -0.15) is 5.10 Å². The molecule has 0 fully saturated rings.